The Kier molecular flexibility index (Phi) is 3.89. The average Bonchev–Trinajstić information content (AvgIpc) is 2.30. The van der Waals surface area contributed by atoms with Crippen molar-refractivity contribution in [3.8, 4) is 0 Å². The minimum atomic E-state index is -1.77. The van der Waals surface area contributed by atoms with Crippen LogP contribution in [0, 0.1) is 0 Å². The van der Waals surface area contributed by atoms with Gasteiger partial charge in [0.05, 0.1) is 0 Å². The van der Waals surface area contributed by atoms with Crippen molar-refractivity contribution in [3.63, 3.8) is 0 Å². The van der Waals surface area contributed by atoms with E-state index in [9.17, 15) is 0 Å². The first-order valence-electron chi connectivity index (χ1n) is 4.81. The topological polar surface area (TPSA) is 26.0 Å². The molecule has 1 nitrogen and oxygen atoms in total. The fourth-order valence-electron chi connectivity index (χ4n) is 1.70. The molecule has 1 atom stereocenters. The number of rotatable bonds is 2. The van der Waals surface area contributed by atoms with Crippen LogP contribution in [0.4, 0.5) is 0 Å². The van der Waals surface area contributed by atoms with E-state index in [0.29, 0.717) is 6.42 Å². The molecule has 1 aromatic rings. The van der Waals surface area contributed by atoms with E-state index in [1.807, 2.05) is 48.6 Å². The molecule has 0 aromatic heterocycles. The van der Waals surface area contributed by atoms with Crippen LogP contribution in [-0.2, 0) is 14.7 Å². The van der Waals surface area contributed by atoms with Crippen LogP contribution in [-0.4, -0.2) is 4.01 Å². The van der Waals surface area contributed by atoms with Gasteiger partial charge in [0, 0.05) is 0 Å². The van der Waals surface area contributed by atoms with Crippen molar-refractivity contribution in [3.05, 3.63) is 54.1 Å². The van der Waals surface area contributed by atoms with E-state index in [1.165, 1.54) is 0 Å². The second-order valence-corrected chi connectivity index (χ2v) is 9.30. The number of hydrogen-bond acceptors (Lipinski definition) is 1. The Hall–Kier alpha value is -0.0977. The Morgan fingerprint density at radius 3 is 2.50 bits per heavy atom. The van der Waals surface area contributed by atoms with Crippen LogP contribution in [0.25, 0.3) is 5.57 Å². The van der Waals surface area contributed by atoms with E-state index in [-0.39, 0.29) is 0 Å². The fourth-order valence-corrected chi connectivity index (χ4v) is 4.13. The molecule has 16 heavy (non-hydrogen) atoms. The molecule has 1 aliphatic rings. The van der Waals surface area contributed by atoms with Crippen LogP contribution >= 0.6 is 19.1 Å². The molecule has 0 bridgehead atoms. The van der Waals surface area contributed by atoms with Gasteiger partial charge in [-0.1, -0.05) is 0 Å². The van der Waals surface area contributed by atoms with Crippen LogP contribution in [0.5, 0.6) is 0 Å². The van der Waals surface area contributed by atoms with Gasteiger partial charge in [-0.3, -0.25) is 0 Å². The van der Waals surface area contributed by atoms with Crippen molar-refractivity contribution >= 4 is 24.6 Å². The SMILES string of the molecule is N[C]1([Pd-]([Cl])[Cl])CC=CC=C1c1ccccc1. The molecule has 4 heteroatoms. The van der Waals surface area contributed by atoms with Crippen LogP contribution < -0.4 is 5.73 Å². The van der Waals surface area contributed by atoms with Crippen LogP contribution in [0.1, 0.15) is 12.0 Å². The second-order valence-electron chi connectivity index (χ2n) is 3.55. The number of allylic oxidation sites excluding steroid dienone is 2. The van der Waals surface area contributed by atoms with E-state index in [4.69, 9.17) is 24.8 Å². The molecule has 0 saturated heterocycles. The summed E-state index contributed by atoms with van der Waals surface area (Å²) in [5.74, 6) is 0. The Balaban J connectivity index is 2.45. The molecule has 0 spiro atoms. The molecule has 1 aliphatic carbocycles. The van der Waals surface area contributed by atoms with Gasteiger partial charge in [0.2, 0.25) is 0 Å². The van der Waals surface area contributed by atoms with Gasteiger partial charge in [-0.25, -0.2) is 0 Å². The van der Waals surface area contributed by atoms with Gasteiger partial charge in [0.15, 0.2) is 0 Å². The van der Waals surface area contributed by atoms with Crippen molar-refractivity contribution < 1.29 is 14.7 Å². The van der Waals surface area contributed by atoms with Gasteiger partial charge in [0.1, 0.15) is 0 Å². The van der Waals surface area contributed by atoms with Crippen LogP contribution in [0.15, 0.2) is 48.6 Å². The quantitative estimate of drug-likeness (QED) is 0.813. The predicted molar refractivity (Wildman–Crippen MR) is 66.8 cm³/mol. The summed E-state index contributed by atoms with van der Waals surface area (Å²) in [5.41, 5.74) is 8.49. The molecule has 0 heterocycles. The molecule has 2 N–H and O–H groups in total. The van der Waals surface area contributed by atoms with E-state index < -0.39 is 18.7 Å². The predicted octanol–water partition coefficient (Wildman–Crippen LogP) is 3.61. The van der Waals surface area contributed by atoms with Gasteiger partial charge in [-0.15, -0.1) is 0 Å². The average molecular weight is 348 g/mol. The molecule has 0 fully saturated rings. The minimum absolute atomic E-state index is 0.579. The van der Waals surface area contributed by atoms with Gasteiger partial charge in [-0.05, 0) is 0 Å². The Morgan fingerprint density at radius 1 is 1.19 bits per heavy atom. The number of benzene rings is 1. The Labute approximate surface area is 109 Å². The van der Waals surface area contributed by atoms with Crippen LogP contribution in [0.2, 0.25) is 0 Å². The van der Waals surface area contributed by atoms with Gasteiger partial charge in [-0.2, -0.15) is 0 Å². The maximum absolute atomic E-state index is 6.35. The third-order valence-corrected chi connectivity index (χ3v) is 6.84. The molecular weight excluding hydrogens is 335 g/mol. The van der Waals surface area contributed by atoms with E-state index in [2.05, 4.69) is 0 Å². The molecular formula is C12H12Cl2NPd-. The molecule has 0 amide bonds. The number of halogens is 2. The summed E-state index contributed by atoms with van der Waals surface area (Å²) in [7, 11) is 12.2. The Bertz CT molecular complexity index is 428. The monoisotopic (exact) mass is 346 g/mol. The third kappa shape index (κ3) is 2.27. The molecule has 90 valence electrons. The molecule has 0 aliphatic heterocycles. The molecule has 0 saturated carbocycles. The summed E-state index contributed by atoms with van der Waals surface area (Å²) in [6, 6.07) is 10.0. The van der Waals surface area contributed by atoms with Crippen molar-refractivity contribution in [1.29, 1.82) is 0 Å². The summed E-state index contributed by atoms with van der Waals surface area (Å²) in [5, 5.41) is 0. The second kappa shape index (κ2) is 5.04. The standard InChI is InChI=1S/C12H12N.2ClH.Pd/c13-12-9-5-4-8-11(12)10-6-2-1-3-7-10;;;/h1-8H,9,13H2;2*1H;/q;;;+1/p-2. The van der Waals surface area contributed by atoms with E-state index in [1.54, 1.807) is 0 Å². The van der Waals surface area contributed by atoms with Crippen molar-refractivity contribution in [1.82, 2.24) is 0 Å². The van der Waals surface area contributed by atoms with Gasteiger partial charge < -0.3 is 0 Å². The summed E-state index contributed by atoms with van der Waals surface area (Å²) in [4.78, 5) is 0. The molecule has 1 unspecified atom stereocenters. The first-order valence-corrected chi connectivity index (χ1v) is 9.59. The van der Waals surface area contributed by atoms with Crippen molar-refractivity contribution in [2.45, 2.75) is 10.4 Å². The van der Waals surface area contributed by atoms with Gasteiger partial charge in [0.25, 0.3) is 0 Å². The molecule has 2 rings (SSSR count). The zero-order valence-electron chi connectivity index (χ0n) is 8.48. The first kappa shape index (κ1) is 12.4. The van der Waals surface area contributed by atoms with E-state index in [0.717, 1.165) is 11.1 Å². The fraction of sp³-hybridized carbons (Fsp3) is 0.167. The summed E-state index contributed by atoms with van der Waals surface area (Å²) in [6.45, 7) is 0. The summed E-state index contributed by atoms with van der Waals surface area (Å²) < 4.78 is -0.579. The van der Waals surface area contributed by atoms with Crippen LogP contribution in [0.3, 0.4) is 0 Å². The maximum atomic E-state index is 6.35. The zero-order valence-corrected chi connectivity index (χ0v) is 11.5. The molecule has 1 aromatic carbocycles. The first-order chi connectivity index (χ1) is 7.64. The third-order valence-electron chi connectivity index (χ3n) is 2.53. The van der Waals surface area contributed by atoms with Gasteiger partial charge >= 0.3 is 110 Å². The van der Waals surface area contributed by atoms with Crippen molar-refractivity contribution in [2.24, 2.45) is 5.73 Å². The normalized spacial score (nSPS) is 25.2. The summed E-state index contributed by atoms with van der Waals surface area (Å²) in [6.07, 6.45) is 6.75. The zero-order chi connectivity index (χ0) is 11.6. The summed E-state index contributed by atoms with van der Waals surface area (Å²) >= 11 is -1.77. The molecule has 0 radical (unpaired) electrons. The van der Waals surface area contributed by atoms with Crippen molar-refractivity contribution in [2.75, 3.05) is 0 Å². The number of hydrogen-bond donors (Lipinski definition) is 1. The Morgan fingerprint density at radius 2 is 1.88 bits per heavy atom. The number of nitrogens with two attached hydrogens (primary N) is 1. The van der Waals surface area contributed by atoms with E-state index >= 15 is 0 Å².